The number of nitrogens with one attached hydrogen (secondary N) is 1. The second kappa shape index (κ2) is 5.19. The normalized spacial score (nSPS) is 10.7. The number of halogens is 1. The molecule has 2 rings (SSSR count). The van der Waals surface area contributed by atoms with Crippen LogP contribution in [0, 0.1) is 20.8 Å². The molecule has 0 radical (unpaired) electrons. The van der Waals surface area contributed by atoms with Gasteiger partial charge >= 0.3 is 0 Å². The maximum Gasteiger partial charge on any atom is 0.0418 e. The van der Waals surface area contributed by atoms with Crippen molar-refractivity contribution in [2.75, 3.05) is 5.32 Å². The Kier molecular flexibility index (Phi) is 3.81. The fraction of sp³-hybridized carbons (Fsp3) is 0.333. The maximum atomic E-state index is 3.53. The molecule has 0 amide bonds. The summed E-state index contributed by atoms with van der Waals surface area (Å²) in [6.07, 6.45) is 0. The van der Waals surface area contributed by atoms with Gasteiger partial charge in [0.1, 0.15) is 0 Å². The molecule has 3 heteroatoms. The SMILES string of the molecule is Cc1cc(Br)cc(NCc2cc(C)n(C)c2C)c1. The Labute approximate surface area is 117 Å². The predicted octanol–water partition coefficient (Wildman–Crippen LogP) is 4.32. The minimum absolute atomic E-state index is 0.864. The van der Waals surface area contributed by atoms with Crippen molar-refractivity contribution >= 4 is 21.6 Å². The number of nitrogens with zero attached hydrogens (tertiary/aromatic N) is 1. The largest absolute Gasteiger partial charge is 0.381 e. The molecule has 0 bridgehead atoms. The molecule has 2 aromatic rings. The first-order valence-corrected chi connectivity index (χ1v) is 6.89. The highest BCUT2D eigenvalue weighted by Gasteiger charge is 2.05. The standard InChI is InChI=1S/C15H19BrN2/c1-10-5-14(16)8-15(6-10)17-9-13-7-11(2)18(4)12(13)3/h5-8,17H,9H2,1-4H3. The molecule has 1 N–H and O–H groups in total. The molecular formula is C15H19BrN2. The van der Waals surface area contributed by atoms with Crippen molar-refractivity contribution in [1.29, 1.82) is 0 Å². The number of rotatable bonds is 3. The summed E-state index contributed by atoms with van der Waals surface area (Å²) < 4.78 is 3.34. The van der Waals surface area contributed by atoms with E-state index in [1.54, 1.807) is 0 Å². The number of benzene rings is 1. The van der Waals surface area contributed by atoms with Crippen LogP contribution in [0.3, 0.4) is 0 Å². The van der Waals surface area contributed by atoms with Gasteiger partial charge in [-0.1, -0.05) is 15.9 Å². The zero-order chi connectivity index (χ0) is 13.3. The van der Waals surface area contributed by atoms with Crippen molar-refractivity contribution in [1.82, 2.24) is 4.57 Å². The number of aryl methyl sites for hydroxylation is 2. The molecule has 1 aromatic carbocycles. The zero-order valence-corrected chi connectivity index (χ0v) is 12.9. The summed E-state index contributed by atoms with van der Waals surface area (Å²) in [5, 5.41) is 3.48. The van der Waals surface area contributed by atoms with Crippen LogP contribution in [0.5, 0.6) is 0 Å². The van der Waals surface area contributed by atoms with E-state index < -0.39 is 0 Å². The van der Waals surface area contributed by atoms with Gasteiger partial charge in [-0.25, -0.2) is 0 Å². The van der Waals surface area contributed by atoms with Gasteiger partial charge in [0.2, 0.25) is 0 Å². The van der Waals surface area contributed by atoms with Crippen LogP contribution in [0.1, 0.15) is 22.5 Å². The summed E-state index contributed by atoms with van der Waals surface area (Å²) in [6.45, 7) is 7.27. The van der Waals surface area contributed by atoms with E-state index in [0.29, 0.717) is 0 Å². The highest BCUT2D eigenvalue weighted by molar-refractivity contribution is 9.10. The van der Waals surface area contributed by atoms with Gasteiger partial charge in [-0.05, 0) is 56.2 Å². The molecule has 96 valence electrons. The average Bonchev–Trinajstić information content (AvgIpc) is 2.53. The molecule has 2 nitrogen and oxygen atoms in total. The van der Waals surface area contributed by atoms with Crippen LogP contribution in [-0.4, -0.2) is 4.57 Å². The van der Waals surface area contributed by atoms with Crippen LogP contribution in [0.2, 0.25) is 0 Å². The minimum atomic E-state index is 0.864. The molecule has 0 spiro atoms. The molecule has 18 heavy (non-hydrogen) atoms. The van der Waals surface area contributed by atoms with Crippen LogP contribution in [0.25, 0.3) is 0 Å². The van der Waals surface area contributed by atoms with Crippen LogP contribution < -0.4 is 5.32 Å². The van der Waals surface area contributed by atoms with Crippen molar-refractivity contribution in [3.63, 3.8) is 0 Å². The van der Waals surface area contributed by atoms with E-state index in [-0.39, 0.29) is 0 Å². The molecule has 0 aliphatic rings. The van der Waals surface area contributed by atoms with Crippen LogP contribution in [0.15, 0.2) is 28.7 Å². The second-order valence-electron chi connectivity index (χ2n) is 4.83. The predicted molar refractivity (Wildman–Crippen MR) is 81.1 cm³/mol. The molecule has 0 fully saturated rings. The van der Waals surface area contributed by atoms with E-state index in [0.717, 1.165) is 16.7 Å². The van der Waals surface area contributed by atoms with Crippen molar-refractivity contribution in [3.8, 4) is 0 Å². The Hall–Kier alpha value is -1.22. The highest BCUT2D eigenvalue weighted by Crippen LogP contribution is 2.21. The number of hydrogen-bond acceptors (Lipinski definition) is 1. The van der Waals surface area contributed by atoms with Gasteiger partial charge < -0.3 is 9.88 Å². The number of hydrogen-bond donors (Lipinski definition) is 1. The summed E-state index contributed by atoms with van der Waals surface area (Å²) in [5.74, 6) is 0. The number of anilines is 1. The van der Waals surface area contributed by atoms with Gasteiger partial charge in [-0.2, -0.15) is 0 Å². The lowest BCUT2D eigenvalue weighted by atomic mass is 10.2. The Balaban J connectivity index is 2.13. The minimum Gasteiger partial charge on any atom is -0.381 e. The fourth-order valence-corrected chi connectivity index (χ4v) is 2.76. The third-order valence-electron chi connectivity index (χ3n) is 3.41. The molecule has 0 aliphatic carbocycles. The van der Waals surface area contributed by atoms with Crippen LogP contribution in [-0.2, 0) is 13.6 Å². The van der Waals surface area contributed by atoms with E-state index in [4.69, 9.17) is 0 Å². The molecule has 0 saturated heterocycles. The lowest BCUT2D eigenvalue weighted by molar-refractivity contribution is 0.837. The van der Waals surface area contributed by atoms with Crippen LogP contribution >= 0.6 is 15.9 Å². The summed E-state index contributed by atoms with van der Waals surface area (Å²) in [4.78, 5) is 0. The first-order valence-electron chi connectivity index (χ1n) is 6.10. The summed E-state index contributed by atoms with van der Waals surface area (Å²) >= 11 is 3.53. The Morgan fingerprint density at radius 3 is 2.39 bits per heavy atom. The van der Waals surface area contributed by atoms with E-state index in [1.165, 1.54) is 22.5 Å². The van der Waals surface area contributed by atoms with Gasteiger partial charge in [0.25, 0.3) is 0 Å². The van der Waals surface area contributed by atoms with Gasteiger partial charge in [0, 0.05) is 35.1 Å². The Morgan fingerprint density at radius 1 is 1.11 bits per heavy atom. The zero-order valence-electron chi connectivity index (χ0n) is 11.3. The third-order valence-corrected chi connectivity index (χ3v) is 3.86. The fourth-order valence-electron chi connectivity index (χ4n) is 2.15. The molecule has 0 saturated carbocycles. The Morgan fingerprint density at radius 2 is 1.83 bits per heavy atom. The molecule has 1 aromatic heterocycles. The monoisotopic (exact) mass is 306 g/mol. The molecule has 0 aliphatic heterocycles. The first-order chi connectivity index (χ1) is 8.47. The van der Waals surface area contributed by atoms with Crippen molar-refractivity contribution < 1.29 is 0 Å². The van der Waals surface area contributed by atoms with Crippen molar-refractivity contribution in [2.45, 2.75) is 27.3 Å². The number of aromatic nitrogens is 1. The quantitative estimate of drug-likeness (QED) is 0.893. The Bertz CT molecular complexity index is 550. The molecule has 1 heterocycles. The molecule has 0 atom stereocenters. The summed E-state index contributed by atoms with van der Waals surface area (Å²) in [5.41, 5.74) is 6.39. The lowest BCUT2D eigenvalue weighted by Gasteiger charge is -2.08. The van der Waals surface area contributed by atoms with E-state index >= 15 is 0 Å². The van der Waals surface area contributed by atoms with Crippen molar-refractivity contribution in [2.24, 2.45) is 7.05 Å². The van der Waals surface area contributed by atoms with Crippen molar-refractivity contribution in [3.05, 3.63) is 51.3 Å². The molecular weight excluding hydrogens is 288 g/mol. The van der Waals surface area contributed by atoms with E-state index in [9.17, 15) is 0 Å². The van der Waals surface area contributed by atoms with E-state index in [1.807, 2.05) is 0 Å². The topological polar surface area (TPSA) is 17.0 Å². The molecule has 0 unspecified atom stereocenters. The van der Waals surface area contributed by atoms with E-state index in [2.05, 4.69) is 77.9 Å². The summed E-state index contributed by atoms with van der Waals surface area (Å²) in [7, 11) is 2.11. The van der Waals surface area contributed by atoms with Crippen LogP contribution in [0.4, 0.5) is 5.69 Å². The van der Waals surface area contributed by atoms with Gasteiger partial charge in [-0.3, -0.25) is 0 Å². The van der Waals surface area contributed by atoms with Gasteiger partial charge in [-0.15, -0.1) is 0 Å². The highest BCUT2D eigenvalue weighted by atomic mass is 79.9. The smallest absolute Gasteiger partial charge is 0.0418 e. The van der Waals surface area contributed by atoms with Gasteiger partial charge in [0.05, 0.1) is 0 Å². The maximum absolute atomic E-state index is 3.53. The second-order valence-corrected chi connectivity index (χ2v) is 5.74. The van der Waals surface area contributed by atoms with Gasteiger partial charge in [0.15, 0.2) is 0 Å². The third kappa shape index (κ3) is 2.78. The first kappa shape index (κ1) is 13.2. The lowest BCUT2D eigenvalue weighted by Crippen LogP contribution is -2.01. The summed E-state index contributed by atoms with van der Waals surface area (Å²) in [6, 6.07) is 8.63. The average molecular weight is 307 g/mol.